The number of guanidine groups is 4. The van der Waals surface area contributed by atoms with Gasteiger partial charge in [-0.3, -0.25) is 74.1 Å². The summed E-state index contributed by atoms with van der Waals surface area (Å²) in [5, 5.41) is 37.7. The molecule has 0 unspecified atom stereocenters. The number of pyridine rings is 4. The fraction of sp³-hybridized carbons (Fsp3) is 0.382. The van der Waals surface area contributed by atoms with Crippen molar-refractivity contribution in [3.63, 3.8) is 0 Å². The molecule has 125 heavy (non-hydrogen) atoms. The van der Waals surface area contributed by atoms with E-state index in [1.165, 1.54) is 48.5 Å². The van der Waals surface area contributed by atoms with Crippen LogP contribution in [-0.2, 0) is 55.6 Å². The van der Waals surface area contributed by atoms with E-state index in [0.29, 0.717) is 23.9 Å². The molecule has 28 nitrogen and oxygen atoms in total. The van der Waals surface area contributed by atoms with Crippen LogP contribution in [0, 0.1) is 47.4 Å². The van der Waals surface area contributed by atoms with Crippen molar-refractivity contribution < 1.29 is 58.2 Å². The van der Waals surface area contributed by atoms with Crippen molar-refractivity contribution in [2.24, 2.45) is 31.4 Å². The van der Waals surface area contributed by atoms with Gasteiger partial charge in [-0.1, -0.05) is 53.4 Å². The molecular weight excluding hydrogens is 1770 g/mol. The van der Waals surface area contributed by atoms with Crippen LogP contribution >= 0.6 is 84.5 Å². The minimum atomic E-state index is -1.48. The fourth-order valence-electron chi connectivity index (χ4n) is 11.3. The van der Waals surface area contributed by atoms with Crippen molar-refractivity contribution in [3.05, 3.63) is 166 Å². The van der Waals surface area contributed by atoms with Crippen LogP contribution in [0.2, 0.25) is 0 Å². The number of nitrogens with one attached hydrogen (secondary N) is 2. The van der Waals surface area contributed by atoms with Crippen molar-refractivity contribution in [2.45, 2.75) is 197 Å². The number of amides is 6. The van der Waals surface area contributed by atoms with E-state index < -0.39 is 52.7 Å². The van der Waals surface area contributed by atoms with Gasteiger partial charge in [-0.05, 0) is 201 Å². The van der Waals surface area contributed by atoms with E-state index in [9.17, 15) is 28.8 Å². The normalized spacial score (nSPS) is 17.7. The second-order valence-corrected chi connectivity index (χ2v) is 35.9. The monoisotopic (exact) mass is 1880 g/mol. The first-order chi connectivity index (χ1) is 56.7. The molecule has 4 aliphatic heterocycles. The maximum Gasteiger partial charge on any atom is 0.490 e. The second-order valence-electron chi connectivity index (χ2n) is 29.8. The van der Waals surface area contributed by atoms with Crippen LogP contribution in [0.5, 0.6) is 0 Å². The third-order valence-corrected chi connectivity index (χ3v) is 22.8. The van der Waals surface area contributed by atoms with Crippen LogP contribution in [0.25, 0.3) is 33.4 Å². The molecule has 9 N–H and O–H groups in total. The van der Waals surface area contributed by atoms with E-state index in [2.05, 4.69) is 132 Å². The van der Waals surface area contributed by atoms with E-state index in [-0.39, 0.29) is 101 Å². The number of hydrogen-bond acceptors (Lipinski definition) is 25. The molecule has 4 atom stereocenters. The lowest BCUT2D eigenvalue weighted by Crippen LogP contribution is -2.52. The second kappa shape index (κ2) is 48.9. The SMILES string of the molecule is C.C.C.C.CC#Cc1cncc(-c2csc([C@]3(C)CC(=O)N(C)C(N)=N3)c2)c1.CC#Cc1cncc(-c2csc([C@]3(C)CC(=O)N(C)C(N)=N3)c2)c1.CC#Cc1cncc(-c2csc([C@]3(C)CC(=O)N(C)C(NC(=O)OC(C)(C)C)=N3)c2)c1.CC#Cc1cncc(B(O)O)c1.CC(Cl)Cl.CN1C(=O)C[C@@](C)(c2cc(Br)cs2)N=C1NC(=O)OC(C)(C)C.O=CO. The number of nitrogens with zero attached hydrogens (tertiary/aromatic N) is 12. The topological polar surface area (TPSA) is 389 Å². The summed E-state index contributed by atoms with van der Waals surface area (Å²) in [6.45, 7) is 26.9. The number of aliphatic imine (C=N–C) groups is 4. The number of nitrogens with two attached hydrogens (primary N) is 2. The van der Waals surface area contributed by atoms with E-state index in [0.717, 1.165) is 74.1 Å². The van der Waals surface area contributed by atoms with Crippen molar-refractivity contribution in [3.8, 4) is 80.7 Å². The summed E-state index contributed by atoms with van der Waals surface area (Å²) in [4.78, 5) is 126. The molecule has 0 fully saturated rings. The molecule has 0 saturated heterocycles. The number of hydrogen-bond donors (Lipinski definition) is 7. The highest BCUT2D eigenvalue weighted by Crippen LogP contribution is 2.43. The summed E-state index contributed by atoms with van der Waals surface area (Å²) in [6, 6.07) is 15.7. The van der Waals surface area contributed by atoms with Gasteiger partial charge in [0.25, 0.3) is 6.47 Å². The quantitative estimate of drug-likeness (QED) is 0.0321. The molecule has 12 heterocycles. The van der Waals surface area contributed by atoms with Gasteiger partial charge >= 0.3 is 19.3 Å². The molecule has 36 heteroatoms. The highest BCUT2D eigenvalue weighted by Gasteiger charge is 2.43. The molecule has 6 amide bonds. The van der Waals surface area contributed by atoms with Crippen LogP contribution in [0.4, 0.5) is 9.59 Å². The standard InChI is InChI=1S/C23H26N4O3S.2C18H18N4OS.C15H20BrN3O3S.C8H8BNO2.C2H4Cl2.CH2O2.4CH4/c1-7-8-15-9-16(13-24-12-15)17-10-18(31-14-17)23(5)11-19(28)27(6)20(26-23)25-21(29)30-22(2,3)4;2*1-4-5-12-6-13(10-20-9-12)14-7-15(24-11-14)18(2)8-16(23)22(3)17(19)21-18;1-14(2,3)22-13(21)17-12-18-15(4,7-11(20)19(12)5)10-6-9(16)8-23-10;1-2-3-7-4-8(9(11)12)6-10-5-7;1-2(3)4;2-1-3;;;;/h9-10,12-14H,11H2,1-6H3,(H,25,26,29);2*6-7,9-11H,8H2,1-3H3,(H2,19,21);6,8H,7H2,1-5H3,(H,17,18,21);4-6,11-12H,1H3;2H,1H3;1H,(H,2,3);4*1H4/t23-;2*18-;15-;;;;;;;/m0000......./s1. The summed E-state index contributed by atoms with van der Waals surface area (Å²) in [5.74, 6) is 23.7. The predicted octanol–water partition coefficient (Wildman–Crippen LogP) is 15.9. The lowest BCUT2D eigenvalue weighted by Gasteiger charge is -2.34. The van der Waals surface area contributed by atoms with Crippen molar-refractivity contribution in [1.82, 2.24) is 50.2 Å². The van der Waals surface area contributed by atoms with Gasteiger partial charge in [0, 0.05) is 152 Å². The molecule has 668 valence electrons. The van der Waals surface area contributed by atoms with Crippen molar-refractivity contribution in [2.75, 3.05) is 28.2 Å². The molecule has 0 aromatic carbocycles. The van der Waals surface area contributed by atoms with Crippen molar-refractivity contribution in [1.29, 1.82) is 0 Å². The average molecular weight is 1890 g/mol. The van der Waals surface area contributed by atoms with Crippen LogP contribution in [0.3, 0.4) is 0 Å². The Labute approximate surface area is 769 Å². The highest BCUT2D eigenvalue weighted by molar-refractivity contribution is 9.10. The lowest BCUT2D eigenvalue weighted by molar-refractivity contribution is -0.129. The largest absolute Gasteiger partial charge is 0.490 e. The third-order valence-electron chi connectivity index (χ3n) is 17.3. The Morgan fingerprint density at radius 2 is 0.752 bits per heavy atom. The number of carbonyl (C=O) groups excluding carboxylic acids is 6. The van der Waals surface area contributed by atoms with Gasteiger partial charge in [0.1, 0.15) is 38.2 Å². The summed E-state index contributed by atoms with van der Waals surface area (Å²) in [7, 11) is 4.99. The molecular formula is C89H112BBrCl2N16O12S4. The Hall–Kier alpha value is -11.1. The van der Waals surface area contributed by atoms with Gasteiger partial charge in [-0.15, -0.1) is 92.2 Å². The Balaban J connectivity index is 0.000000524. The molecule has 8 aromatic rings. The minimum absolute atomic E-state index is 0. The summed E-state index contributed by atoms with van der Waals surface area (Å²) in [5.41, 5.74) is 17.4. The van der Waals surface area contributed by atoms with Crippen LogP contribution in [0.15, 0.2) is 144 Å². The molecule has 0 spiro atoms. The number of thiophene rings is 4. The minimum Gasteiger partial charge on any atom is -0.483 e. The number of carbonyl (C=O) groups is 7. The molecule has 0 bridgehead atoms. The van der Waals surface area contributed by atoms with E-state index >= 15 is 0 Å². The zero-order chi connectivity index (χ0) is 90.1. The number of alkyl halides is 2. The molecule has 8 aromatic heterocycles. The molecule has 0 saturated carbocycles. The Morgan fingerprint density at radius 3 is 1.02 bits per heavy atom. The van der Waals surface area contributed by atoms with E-state index in [1.807, 2.05) is 81.2 Å². The Bertz CT molecular complexity index is 5350. The van der Waals surface area contributed by atoms with E-state index in [4.69, 9.17) is 69.1 Å². The number of alkyl carbamates (subject to hydrolysis) is 2. The van der Waals surface area contributed by atoms with Gasteiger partial charge in [-0.25, -0.2) is 29.6 Å². The number of aromatic nitrogens is 4. The fourth-order valence-corrected chi connectivity index (χ4v) is 15.9. The zero-order valence-electron chi connectivity index (χ0n) is 70.4. The average Bonchev–Trinajstić information content (AvgIpc) is 1.77. The summed E-state index contributed by atoms with van der Waals surface area (Å²) in [6.07, 6.45) is 13.4. The third kappa shape index (κ3) is 32.4. The molecule has 12 rings (SSSR count). The number of ether oxygens (including phenoxy) is 2. The van der Waals surface area contributed by atoms with Gasteiger partial charge in [0.05, 0.1) is 25.7 Å². The molecule has 4 aliphatic rings. The Kier molecular flexibility index (Phi) is 43.0. The summed E-state index contributed by atoms with van der Waals surface area (Å²) >= 11 is 19.7. The van der Waals surface area contributed by atoms with Gasteiger partial charge in [0.15, 0.2) is 11.9 Å². The molecule has 0 radical (unpaired) electrons. The number of rotatable bonds is 8. The lowest BCUT2D eigenvalue weighted by atomic mass is 9.81. The van der Waals surface area contributed by atoms with Gasteiger partial charge < -0.3 is 36.1 Å². The number of carboxylic acid groups (broad SMARTS) is 1. The van der Waals surface area contributed by atoms with Crippen molar-refractivity contribution >= 4 is 163 Å². The smallest absolute Gasteiger partial charge is 0.483 e. The molecule has 0 aliphatic carbocycles. The van der Waals surface area contributed by atoms with Crippen LogP contribution in [-0.4, -0.2) is 172 Å². The maximum absolute atomic E-state index is 12.7. The predicted molar refractivity (Wildman–Crippen MR) is 512 cm³/mol. The van der Waals surface area contributed by atoms with Crippen LogP contribution in [0.1, 0.15) is 201 Å². The van der Waals surface area contributed by atoms with Crippen LogP contribution < -0.4 is 27.6 Å². The Morgan fingerprint density at radius 1 is 0.488 bits per heavy atom. The number of halogens is 3. The summed E-state index contributed by atoms with van der Waals surface area (Å²) < 4.78 is 11.5. The zero-order valence-corrected chi connectivity index (χ0v) is 76.8. The van der Waals surface area contributed by atoms with Gasteiger partial charge in [0.2, 0.25) is 35.5 Å². The maximum atomic E-state index is 12.7. The highest BCUT2D eigenvalue weighted by atomic mass is 79.9. The first-order valence-corrected chi connectivity index (χ1v) is 42.2. The first kappa shape index (κ1) is 110. The van der Waals surface area contributed by atoms with E-state index in [1.54, 1.807) is 164 Å². The first-order valence-electron chi connectivity index (χ1n) is 37.0. The van der Waals surface area contributed by atoms with Gasteiger partial charge in [-0.2, -0.15) is 0 Å².